The van der Waals surface area contributed by atoms with Crippen LogP contribution in [0.25, 0.3) is 0 Å². The molecule has 1 aromatic heterocycles. The molecule has 0 atom stereocenters. The molecule has 1 N–H and O–H groups in total. The van der Waals surface area contributed by atoms with Gasteiger partial charge in [0.2, 0.25) is 0 Å². The standard InChI is InChI=1S/C15H23N3O/c1-10-3-7-12(8-4-10)18(2)13-9-14(19)17-15(16-13)11-5-6-11/h9-12H,3-8H2,1-2H3,(H,16,17,19). The molecule has 104 valence electrons. The highest BCUT2D eigenvalue weighted by atomic mass is 16.1. The summed E-state index contributed by atoms with van der Waals surface area (Å²) in [6.45, 7) is 2.33. The topological polar surface area (TPSA) is 49.0 Å². The Balaban J connectivity index is 1.78. The summed E-state index contributed by atoms with van der Waals surface area (Å²) in [7, 11) is 2.08. The van der Waals surface area contributed by atoms with Crippen molar-refractivity contribution in [1.29, 1.82) is 0 Å². The van der Waals surface area contributed by atoms with Crippen LogP contribution in [0.2, 0.25) is 0 Å². The molecule has 2 aliphatic carbocycles. The highest BCUT2D eigenvalue weighted by Gasteiger charge is 2.28. The van der Waals surface area contributed by atoms with Crippen LogP contribution >= 0.6 is 0 Å². The largest absolute Gasteiger partial charge is 0.356 e. The number of hydrogen-bond donors (Lipinski definition) is 1. The van der Waals surface area contributed by atoms with Crippen molar-refractivity contribution in [2.75, 3.05) is 11.9 Å². The number of aromatic amines is 1. The van der Waals surface area contributed by atoms with Crippen LogP contribution in [0.1, 0.15) is 57.2 Å². The molecule has 0 unspecified atom stereocenters. The lowest BCUT2D eigenvalue weighted by Crippen LogP contribution is -2.36. The van der Waals surface area contributed by atoms with Gasteiger partial charge < -0.3 is 9.88 Å². The summed E-state index contributed by atoms with van der Waals surface area (Å²) in [4.78, 5) is 21.5. The summed E-state index contributed by atoms with van der Waals surface area (Å²) in [6.07, 6.45) is 7.32. The maximum absolute atomic E-state index is 11.8. The van der Waals surface area contributed by atoms with E-state index in [1.165, 1.54) is 25.7 Å². The van der Waals surface area contributed by atoms with Crippen molar-refractivity contribution in [3.8, 4) is 0 Å². The molecule has 2 saturated carbocycles. The fourth-order valence-corrected chi connectivity index (χ4v) is 3.01. The minimum absolute atomic E-state index is 0.0112. The van der Waals surface area contributed by atoms with E-state index < -0.39 is 0 Å². The van der Waals surface area contributed by atoms with Gasteiger partial charge in [0.25, 0.3) is 5.56 Å². The second kappa shape index (κ2) is 4.99. The van der Waals surface area contributed by atoms with Gasteiger partial charge in [-0.2, -0.15) is 0 Å². The average Bonchev–Trinajstić information content (AvgIpc) is 3.22. The Labute approximate surface area is 114 Å². The maximum Gasteiger partial charge on any atom is 0.252 e. The second-order valence-corrected chi connectivity index (χ2v) is 6.29. The summed E-state index contributed by atoms with van der Waals surface area (Å²) in [5.41, 5.74) is -0.0112. The van der Waals surface area contributed by atoms with E-state index in [2.05, 4.69) is 28.8 Å². The molecule has 2 aliphatic rings. The van der Waals surface area contributed by atoms with Crippen LogP contribution in [-0.2, 0) is 0 Å². The highest BCUT2D eigenvalue weighted by molar-refractivity contribution is 5.38. The molecular weight excluding hydrogens is 238 g/mol. The summed E-state index contributed by atoms with van der Waals surface area (Å²) in [5.74, 6) is 3.08. The number of H-pyrrole nitrogens is 1. The van der Waals surface area contributed by atoms with Gasteiger partial charge in [-0.1, -0.05) is 6.92 Å². The van der Waals surface area contributed by atoms with Gasteiger partial charge in [0, 0.05) is 25.1 Å². The van der Waals surface area contributed by atoms with Crippen LogP contribution in [0.4, 0.5) is 5.82 Å². The molecule has 3 rings (SSSR count). The van der Waals surface area contributed by atoms with E-state index in [-0.39, 0.29) is 5.56 Å². The first kappa shape index (κ1) is 12.7. The van der Waals surface area contributed by atoms with Crippen molar-refractivity contribution in [2.45, 2.75) is 57.4 Å². The first-order valence-corrected chi connectivity index (χ1v) is 7.47. The van der Waals surface area contributed by atoms with Crippen molar-refractivity contribution < 1.29 is 0 Å². The highest BCUT2D eigenvalue weighted by Crippen LogP contribution is 2.38. The number of anilines is 1. The Hall–Kier alpha value is -1.32. The van der Waals surface area contributed by atoms with Gasteiger partial charge in [-0.15, -0.1) is 0 Å². The molecule has 4 heteroatoms. The van der Waals surface area contributed by atoms with E-state index in [0.717, 1.165) is 30.4 Å². The molecule has 19 heavy (non-hydrogen) atoms. The normalized spacial score (nSPS) is 27.3. The molecule has 1 heterocycles. The van der Waals surface area contributed by atoms with Crippen LogP contribution < -0.4 is 10.5 Å². The molecule has 2 fully saturated rings. The number of hydrogen-bond acceptors (Lipinski definition) is 3. The van der Waals surface area contributed by atoms with Crippen molar-refractivity contribution in [3.63, 3.8) is 0 Å². The van der Waals surface area contributed by atoms with Crippen LogP contribution in [-0.4, -0.2) is 23.1 Å². The van der Waals surface area contributed by atoms with Gasteiger partial charge in [-0.25, -0.2) is 4.98 Å². The van der Waals surface area contributed by atoms with Crippen LogP contribution in [0.15, 0.2) is 10.9 Å². The van der Waals surface area contributed by atoms with E-state index >= 15 is 0 Å². The second-order valence-electron chi connectivity index (χ2n) is 6.29. The zero-order chi connectivity index (χ0) is 13.4. The lowest BCUT2D eigenvalue weighted by atomic mass is 9.87. The zero-order valence-corrected chi connectivity index (χ0v) is 11.9. The van der Waals surface area contributed by atoms with E-state index in [1.54, 1.807) is 6.07 Å². The van der Waals surface area contributed by atoms with Gasteiger partial charge in [-0.05, 0) is 44.4 Å². The molecule has 0 radical (unpaired) electrons. The van der Waals surface area contributed by atoms with Gasteiger partial charge >= 0.3 is 0 Å². The monoisotopic (exact) mass is 261 g/mol. The maximum atomic E-state index is 11.8. The average molecular weight is 261 g/mol. The van der Waals surface area contributed by atoms with Crippen LogP contribution in [0.5, 0.6) is 0 Å². The van der Waals surface area contributed by atoms with Crippen molar-refractivity contribution in [2.24, 2.45) is 5.92 Å². The van der Waals surface area contributed by atoms with Gasteiger partial charge in [0.1, 0.15) is 11.6 Å². The quantitative estimate of drug-likeness (QED) is 0.910. The summed E-state index contributed by atoms with van der Waals surface area (Å²) in [6, 6.07) is 2.18. The molecule has 0 spiro atoms. The predicted molar refractivity (Wildman–Crippen MR) is 76.7 cm³/mol. The van der Waals surface area contributed by atoms with Gasteiger partial charge in [0.15, 0.2) is 0 Å². The van der Waals surface area contributed by atoms with Crippen LogP contribution in [0.3, 0.4) is 0 Å². The fraction of sp³-hybridized carbons (Fsp3) is 0.733. The summed E-state index contributed by atoms with van der Waals surface area (Å²) >= 11 is 0. The lowest BCUT2D eigenvalue weighted by molar-refractivity contribution is 0.340. The van der Waals surface area contributed by atoms with Crippen molar-refractivity contribution >= 4 is 5.82 Å². The van der Waals surface area contributed by atoms with E-state index in [1.807, 2.05) is 0 Å². The van der Waals surface area contributed by atoms with Gasteiger partial charge in [0.05, 0.1) is 0 Å². The Morgan fingerprint density at radius 3 is 2.53 bits per heavy atom. The number of nitrogens with one attached hydrogen (secondary N) is 1. The van der Waals surface area contributed by atoms with E-state index in [9.17, 15) is 4.79 Å². The smallest absolute Gasteiger partial charge is 0.252 e. The lowest BCUT2D eigenvalue weighted by Gasteiger charge is -2.34. The molecule has 0 bridgehead atoms. The molecule has 0 saturated heterocycles. The Morgan fingerprint density at radius 1 is 1.21 bits per heavy atom. The summed E-state index contributed by atoms with van der Waals surface area (Å²) < 4.78 is 0. The SMILES string of the molecule is CC1CCC(N(C)c2cc(=O)[nH]c(C3CC3)n2)CC1. The molecule has 0 amide bonds. The predicted octanol–water partition coefficient (Wildman–Crippen LogP) is 2.66. The minimum atomic E-state index is -0.0112. The fourth-order valence-electron chi connectivity index (χ4n) is 3.01. The molecular formula is C15H23N3O. The van der Waals surface area contributed by atoms with Crippen molar-refractivity contribution in [3.05, 3.63) is 22.2 Å². The minimum Gasteiger partial charge on any atom is -0.356 e. The number of aromatic nitrogens is 2. The summed E-state index contributed by atoms with van der Waals surface area (Å²) in [5, 5.41) is 0. The van der Waals surface area contributed by atoms with Crippen LogP contribution in [0, 0.1) is 5.92 Å². The number of rotatable bonds is 3. The third kappa shape index (κ3) is 2.82. The third-order valence-corrected chi connectivity index (χ3v) is 4.60. The molecule has 0 aromatic carbocycles. The molecule has 1 aromatic rings. The zero-order valence-electron chi connectivity index (χ0n) is 11.9. The van der Waals surface area contributed by atoms with E-state index in [0.29, 0.717) is 12.0 Å². The Kier molecular flexibility index (Phi) is 3.33. The Bertz CT molecular complexity index is 498. The van der Waals surface area contributed by atoms with Crippen molar-refractivity contribution in [1.82, 2.24) is 9.97 Å². The Morgan fingerprint density at radius 2 is 1.89 bits per heavy atom. The molecule has 0 aliphatic heterocycles. The van der Waals surface area contributed by atoms with Gasteiger partial charge in [-0.3, -0.25) is 4.79 Å². The first-order valence-electron chi connectivity index (χ1n) is 7.47. The molecule has 4 nitrogen and oxygen atoms in total. The number of nitrogens with zero attached hydrogens (tertiary/aromatic N) is 2. The third-order valence-electron chi connectivity index (χ3n) is 4.60. The van der Waals surface area contributed by atoms with E-state index in [4.69, 9.17) is 0 Å². The first-order chi connectivity index (χ1) is 9.13.